The largest absolute Gasteiger partial charge is 0.506 e. The predicted molar refractivity (Wildman–Crippen MR) is 245 cm³/mol. The van der Waals surface area contributed by atoms with Crippen LogP contribution in [-0.2, 0) is 28.4 Å². The molecule has 0 amide bonds. The first kappa shape index (κ1) is 65.4. The third-order valence-electron chi connectivity index (χ3n) is 11.4. The van der Waals surface area contributed by atoms with Gasteiger partial charge in [0.15, 0.2) is 69.1 Å². The molecule has 2 aliphatic heterocycles. The van der Waals surface area contributed by atoms with Gasteiger partial charge in [-0.3, -0.25) is 4.90 Å². The van der Waals surface area contributed by atoms with E-state index in [0.717, 1.165) is 0 Å². The van der Waals surface area contributed by atoms with Gasteiger partial charge in [-0.05, 0) is 20.3 Å². The zero-order chi connectivity index (χ0) is 56.1. The fourth-order valence-corrected chi connectivity index (χ4v) is 7.07. The molecule has 0 aromatic rings. The summed E-state index contributed by atoms with van der Waals surface area (Å²) >= 11 is 0. The first-order valence-electron chi connectivity index (χ1n) is 23.0. The van der Waals surface area contributed by atoms with Crippen molar-refractivity contribution in [1.29, 1.82) is 0 Å². The van der Waals surface area contributed by atoms with Crippen LogP contribution in [0.1, 0.15) is 52.4 Å². The van der Waals surface area contributed by atoms with Crippen molar-refractivity contribution < 1.29 is 146 Å². The maximum Gasteiger partial charge on any atom is 0.218 e. The molecule has 12 atom stereocenters. The monoisotopic (exact) mass is 1080 g/mol. The van der Waals surface area contributed by atoms with Crippen LogP contribution in [0.15, 0.2) is 69.1 Å². The smallest absolute Gasteiger partial charge is 0.218 e. The molecule has 74 heavy (non-hydrogen) atoms. The van der Waals surface area contributed by atoms with Gasteiger partial charge in [-0.25, -0.2) is 0 Å². The maximum absolute atomic E-state index is 11.3. The van der Waals surface area contributed by atoms with Crippen molar-refractivity contribution >= 4 is 0 Å². The van der Waals surface area contributed by atoms with Crippen molar-refractivity contribution in [3.05, 3.63) is 69.1 Å². The van der Waals surface area contributed by atoms with Gasteiger partial charge in [0.25, 0.3) is 0 Å². The van der Waals surface area contributed by atoms with E-state index in [1.54, 1.807) is 0 Å². The van der Waals surface area contributed by atoms with Crippen LogP contribution >= 0.6 is 0 Å². The van der Waals surface area contributed by atoms with Crippen molar-refractivity contribution in [2.45, 2.75) is 133 Å². The molecule has 0 aromatic heterocycles. The highest BCUT2D eigenvalue weighted by molar-refractivity contribution is 5.15. The summed E-state index contributed by atoms with van der Waals surface area (Å²) in [6.45, 7) is 1.42. The topological polar surface area (TPSA) is 527 Å². The average molecular weight is 1080 g/mol. The van der Waals surface area contributed by atoms with Crippen LogP contribution in [0.2, 0.25) is 0 Å². The highest BCUT2D eigenvalue weighted by Crippen LogP contribution is 2.28. The van der Waals surface area contributed by atoms with E-state index < -0.39 is 215 Å². The third kappa shape index (κ3) is 18.8. The number of ether oxygens (including phenoxy) is 6. The molecular weight excluding hydrogens is 1010 g/mol. The van der Waals surface area contributed by atoms with Crippen molar-refractivity contribution in [3.8, 4) is 0 Å². The van der Waals surface area contributed by atoms with Crippen LogP contribution in [0.5, 0.6) is 0 Å². The summed E-state index contributed by atoms with van der Waals surface area (Å²) in [5.74, 6) is -18.2. The van der Waals surface area contributed by atoms with E-state index in [1.807, 2.05) is 18.7 Å². The molecule has 2 rings (SSSR count). The molecule has 2 heterocycles. The SMILES string of the molecule is CC(C)N1CCN(CCC2OC(O)/C(O)=C(\O)C(CCO)OC(O)/C(O)=C(/O)C(CCO)O[C@H](O)/C(O)=C(/O)C(CCO)OC(O)/C(O)=C(\O)C(CCO)OC(O)/C(O)=C(/O)C(CCO)OC(O)C(O)=C2O)CC1. The summed E-state index contributed by atoms with van der Waals surface area (Å²) in [5, 5.41) is 244. The van der Waals surface area contributed by atoms with E-state index in [0.29, 0.717) is 26.2 Å². The highest BCUT2D eigenvalue weighted by atomic mass is 16.7. The summed E-state index contributed by atoms with van der Waals surface area (Å²) in [4.78, 5) is 4.02. The molecule has 23 N–H and O–H groups in total. The number of hydrogen-bond acceptors (Lipinski definition) is 31. The van der Waals surface area contributed by atoms with Gasteiger partial charge in [0, 0.05) is 104 Å². The average Bonchev–Trinajstić information content (AvgIpc) is 3.38. The number of hydrogen-bond donors (Lipinski definition) is 23. The molecule has 0 bridgehead atoms. The van der Waals surface area contributed by atoms with Crippen molar-refractivity contribution in [3.63, 3.8) is 0 Å². The van der Waals surface area contributed by atoms with Crippen molar-refractivity contribution in [2.24, 2.45) is 0 Å². The van der Waals surface area contributed by atoms with E-state index >= 15 is 0 Å². The Balaban J connectivity index is 2.88. The van der Waals surface area contributed by atoms with E-state index in [1.165, 1.54) is 0 Å². The summed E-state index contributed by atoms with van der Waals surface area (Å²) in [6.07, 6.45) is -33.7. The summed E-state index contributed by atoms with van der Waals surface area (Å²) in [6, 6.07) is 0.197. The van der Waals surface area contributed by atoms with Gasteiger partial charge in [-0.2, -0.15) is 0 Å². The molecule has 0 radical (unpaired) electrons. The Morgan fingerprint density at radius 3 is 0.689 bits per heavy atom. The Morgan fingerprint density at radius 1 is 0.324 bits per heavy atom. The van der Waals surface area contributed by atoms with Crippen LogP contribution in [0.4, 0.5) is 0 Å². The second-order valence-electron chi connectivity index (χ2n) is 16.8. The quantitative estimate of drug-likeness (QED) is 0.0856. The first-order valence-corrected chi connectivity index (χ1v) is 23.0. The molecule has 0 aliphatic carbocycles. The Bertz CT molecular complexity index is 1890. The molecule has 0 saturated carbocycles. The van der Waals surface area contributed by atoms with Crippen molar-refractivity contribution in [2.75, 3.05) is 65.8 Å². The van der Waals surface area contributed by atoms with E-state index in [4.69, 9.17) is 28.4 Å². The molecule has 1 saturated heterocycles. The van der Waals surface area contributed by atoms with Crippen LogP contribution in [0, 0.1) is 0 Å². The first-order chi connectivity index (χ1) is 34.8. The van der Waals surface area contributed by atoms with Gasteiger partial charge in [-0.1, -0.05) is 0 Å². The molecule has 11 unspecified atom stereocenters. The molecule has 31 heteroatoms. The van der Waals surface area contributed by atoms with Crippen LogP contribution in [0.25, 0.3) is 0 Å². The number of piperazine rings is 1. The fraction of sp³-hybridized carbons (Fsp3) is 0.721. The summed E-state index contributed by atoms with van der Waals surface area (Å²) < 4.78 is 30.9. The molecule has 1 fully saturated rings. The van der Waals surface area contributed by atoms with Gasteiger partial charge >= 0.3 is 0 Å². The minimum Gasteiger partial charge on any atom is -0.506 e. The summed E-state index contributed by atoms with van der Waals surface area (Å²) in [7, 11) is 0. The van der Waals surface area contributed by atoms with Gasteiger partial charge in [0.1, 0.15) is 36.6 Å². The van der Waals surface area contributed by atoms with Crippen LogP contribution in [-0.4, -0.2) is 273 Å². The lowest BCUT2D eigenvalue weighted by Crippen LogP contribution is -2.49. The minimum atomic E-state index is -2.80. The van der Waals surface area contributed by atoms with Gasteiger partial charge in [-0.15, -0.1) is 0 Å². The maximum atomic E-state index is 11.3. The van der Waals surface area contributed by atoms with Crippen molar-refractivity contribution in [1.82, 2.24) is 9.80 Å². The lowest BCUT2D eigenvalue weighted by atomic mass is 10.1. The standard InChI is InChI=1S/C43H74N2O29/c1-19(2)45-12-10-44(11-13-45)9-3-20-26(51)32(57)39(64)70-22(5-15-47)28(53)34(59)41(66)72-24(7-17-49)30(55)36(61)43(68)74-25(8-18-50)31(56)37(62)42(67)73-23(6-16-48)29(54)35(60)40(65)71-21(4-14-46)27(52)33(58)38(63)69-20/h19-25,38-43,46-68H,3-18H2,1-2H3/b32-26?,33-27+,34-28-,35-29-,36-30+,37-31-/t20?,21?,22?,23?,24?,25?,38?,39?,40?,41?,42-,43?/m0/s1. The van der Waals surface area contributed by atoms with Gasteiger partial charge in [0.05, 0.1) is 0 Å². The molecular formula is C43H74N2O29. The Kier molecular flexibility index (Phi) is 28.3. The number of nitrogens with zero attached hydrogens (tertiary/aromatic N) is 2. The third-order valence-corrected chi connectivity index (χ3v) is 11.4. The molecule has 0 spiro atoms. The number of rotatable bonds is 14. The molecule has 31 nitrogen and oxygen atoms in total. The zero-order valence-corrected chi connectivity index (χ0v) is 40.4. The molecule has 430 valence electrons. The lowest BCUT2D eigenvalue weighted by Gasteiger charge is -2.37. The van der Waals surface area contributed by atoms with E-state index in [2.05, 4.69) is 4.90 Å². The van der Waals surface area contributed by atoms with Crippen LogP contribution in [0.3, 0.4) is 0 Å². The minimum absolute atomic E-state index is 0.0130. The normalized spacial score (nSPS) is 36.1. The van der Waals surface area contributed by atoms with E-state index in [9.17, 15) is 117 Å². The van der Waals surface area contributed by atoms with Gasteiger partial charge < -0.3 is 151 Å². The fourth-order valence-electron chi connectivity index (χ4n) is 7.07. The summed E-state index contributed by atoms with van der Waals surface area (Å²) in [5.41, 5.74) is 0. The Labute approximate surface area is 422 Å². The number of aliphatic hydroxyl groups is 23. The molecule has 0 aromatic carbocycles. The van der Waals surface area contributed by atoms with Gasteiger partial charge in [0.2, 0.25) is 37.7 Å². The Hall–Kier alpha value is -4.72. The van der Waals surface area contributed by atoms with Crippen LogP contribution < -0.4 is 0 Å². The molecule has 2 aliphatic rings. The predicted octanol–water partition coefficient (Wildman–Crippen LogP) is -2.48. The second kappa shape index (κ2) is 32.0. The number of aliphatic hydroxyl groups excluding tert-OH is 23. The second-order valence-corrected chi connectivity index (χ2v) is 16.8. The lowest BCUT2D eigenvalue weighted by molar-refractivity contribution is -0.162. The van der Waals surface area contributed by atoms with E-state index in [-0.39, 0.29) is 12.6 Å². The Morgan fingerprint density at radius 2 is 0.514 bits per heavy atom. The zero-order valence-electron chi connectivity index (χ0n) is 40.4. The highest BCUT2D eigenvalue weighted by Gasteiger charge is 2.37.